The van der Waals surface area contributed by atoms with Crippen LogP contribution in [0.4, 0.5) is 5.95 Å². The Morgan fingerprint density at radius 3 is 2.19 bits per heavy atom. The lowest BCUT2D eigenvalue weighted by atomic mass is 10.1. The Morgan fingerprint density at radius 2 is 1.51 bits per heavy atom. The van der Waals surface area contributed by atoms with Gasteiger partial charge in [-0.05, 0) is 17.5 Å². The number of anilines is 1. The molecule has 0 bridgehead atoms. The minimum absolute atomic E-state index is 0.0728. The van der Waals surface area contributed by atoms with Gasteiger partial charge in [0, 0.05) is 19.6 Å². The third-order valence-electron chi connectivity index (χ3n) is 5.09. The molecular formula is C25H36N6O6. The number of rotatable bonds is 19. The topological polar surface area (TPSA) is 156 Å². The summed E-state index contributed by atoms with van der Waals surface area (Å²) in [6.07, 6.45) is 2.81. The van der Waals surface area contributed by atoms with Gasteiger partial charge < -0.3 is 39.7 Å². The molecule has 12 heteroatoms. The van der Waals surface area contributed by atoms with Crippen molar-refractivity contribution in [1.29, 1.82) is 0 Å². The number of hydrogen-bond acceptors (Lipinski definition) is 10. The number of H-pyrrole nitrogens is 1. The van der Waals surface area contributed by atoms with Gasteiger partial charge in [0.15, 0.2) is 11.2 Å². The van der Waals surface area contributed by atoms with Crippen molar-refractivity contribution in [3.63, 3.8) is 0 Å². The van der Waals surface area contributed by atoms with E-state index in [-0.39, 0.29) is 18.3 Å². The predicted molar refractivity (Wildman–Crippen MR) is 137 cm³/mol. The molecule has 4 N–H and O–H groups in total. The summed E-state index contributed by atoms with van der Waals surface area (Å²) < 4.78 is 27.4. The van der Waals surface area contributed by atoms with Crippen LogP contribution in [-0.4, -0.2) is 78.7 Å². The summed E-state index contributed by atoms with van der Waals surface area (Å²) in [4.78, 5) is 27.3. The highest BCUT2D eigenvalue weighted by molar-refractivity contribution is 5.76. The van der Waals surface area contributed by atoms with E-state index in [1.54, 1.807) is 0 Å². The molecule has 37 heavy (non-hydrogen) atoms. The van der Waals surface area contributed by atoms with E-state index in [2.05, 4.69) is 32.2 Å². The van der Waals surface area contributed by atoms with Gasteiger partial charge in [-0.2, -0.15) is 9.97 Å². The van der Waals surface area contributed by atoms with Gasteiger partial charge >= 0.3 is 0 Å². The zero-order valence-corrected chi connectivity index (χ0v) is 21.2. The van der Waals surface area contributed by atoms with Gasteiger partial charge in [0.1, 0.15) is 6.61 Å². The molecule has 1 aromatic carbocycles. The third-order valence-corrected chi connectivity index (χ3v) is 5.09. The number of amides is 1. The Balaban J connectivity index is 1.21. The van der Waals surface area contributed by atoms with Crippen molar-refractivity contribution in [2.45, 2.75) is 32.9 Å². The molecule has 2 aromatic heterocycles. The maximum absolute atomic E-state index is 12.1. The van der Waals surface area contributed by atoms with Gasteiger partial charge in [-0.15, -0.1) is 0 Å². The van der Waals surface area contributed by atoms with E-state index in [1.165, 1.54) is 6.33 Å². The van der Waals surface area contributed by atoms with Crippen LogP contribution in [0.2, 0.25) is 0 Å². The Morgan fingerprint density at radius 1 is 0.892 bits per heavy atom. The molecule has 12 nitrogen and oxygen atoms in total. The quantitative estimate of drug-likeness (QED) is 0.201. The first-order valence-electron chi connectivity index (χ1n) is 12.4. The number of ether oxygens (including phenoxy) is 5. The first-order valence-corrected chi connectivity index (χ1v) is 12.4. The average Bonchev–Trinajstić information content (AvgIpc) is 3.38. The van der Waals surface area contributed by atoms with Crippen molar-refractivity contribution < 1.29 is 28.5 Å². The fraction of sp³-hybridized carbons (Fsp3) is 0.520. The van der Waals surface area contributed by atoms with Crippen molar-refractivity contribution >= 4 is 23.0 Å². The lowest BCUT2D eigenvalue weighted by Crippen LogP contribution is -2.24. The number of hydrogen-bond donors (Lipinski definition) is 3. The second-order valence-electron chi connectivity index (χ2n) is 8.07. The SMILES string of the molecule is CCCOCCOCCOCCOCCC(=O)NCc1ccc(COc2nc(N)nc3[nH]cnc23)cc1. The zero-order valence-electron chi connectivity index (χ0n) is 21.2. The first-order chi connectivity index (χ1) is 18.2. The predicted octanol–water partition coefficient (Wildman–Crippen LogP) is 2.00. The van der Waals surface area contributed by atoms with Crippen LogP contribution < -0.4 is 15.8 Å². The molecule has 0 aliphatic rings. The Bertz CT molecular complexity index is 1060. The third kappa shape index (κ3) is 10.7. The fourth-order valence-corrected chi connectivity index (χ4v) is 3.19. The normalized spacial score (nSPS) is 11.2. The van der Waals surface area contributed by atoms with Gasteiger partial charge in [-0.25, -0.2) is 4.98 Å². The van der Waals surface area contributed by atoms with Crippen LogP contribution in [0.1, 0.15) is 30.9 Å². The number of nitrogens with zero attached hydrogens (tertiary/aromatic N) is 3. The molecule has 0 radical (unpaired) electrons. The maximum atomic E-state index is 12.1. The average molecular weight is 517 g/mol. The van der Waals surface area contributed by atoms with Gasteiger partial charge in [0.2, 0.25) is 17.7 Å². The van der Waals surface area contributed by atoms with E-state index >= 15 is 0 Å². The number of carbonyl (C=O) groups is 1. The number of fused-ring (bicyclic) bond motifs is 1. The molecule has 1 amide bonds. The second-order valence-corrected chi connectivity index (χ2v) is 8.07. The van der Waals surface area contributed by atoms with E-state index < -0.39 is 0 Å². The Kier molecular flexibility index (Phi) is 12.5. The highest BCUT2D eigenvalue weighted by Gasteiger charge is 2.10. The molecule has 0 aliphatic heterocycles. The van der Waals surface area contributed by atoms with Crippen LogP contribution in [0.5, 0.6) is 5.88 Å². The number of nitrogens with two attached hydrogens (primary N) is 1. The summed E-state index contributed by atoms with van der Waals surface area (Å²) in [7, 11) is 0. The van der Waals surface area contributed by atoms with Gasteiger partial charge in [0.05, 0.1) is 52.6 Å². The molecule has 0 saturated carbocycles. The minimum atomic E-state index is -0.0728. The zero-order chi connectivity index (χ0) is 26.1. The smallest absolute Gasteiger partial charge is 0.247 e. The highest BCUT2D eigenvalue weighted by Crippen LogP contribution is 2.20. The number of nitrogens with one attached hydrogen (secondary N) is 2. The lowest BCUT2D eigenvalue weighted by molar-refractivity contribution is -0.122. The molecule has 3 aromatic rings. The van der Waals surface area contributed by atoms with Gasteiger partial charge in [-0.1, -0.05) is 31.2 Å². The molecule has 0 fully saturated rings. The number of nitrogen functional groups attached to an aromatic ring is 1. The number of imidazole rings is 1. The van der Waals surface area contributed by atoms with Crippen LogP contribution in [0.25, 0.3) is 11.2 Å². The van der Waals surface area contributed by atoms with Crippen molar-refractivity contribution in [1.82, 2.24) is 25.3 Å². The minimum Gasteiger partial charge on any atom is -0.471 e. The van der Waals surface area contributed by atoms with Crippen molar-refractivity contribution in [3.05, 3.63) is 41.7 Å². The first kappa shape index (κ1) is 28.3. The molecule has 0 spiro atoms. The lowest BCUT2D eigenvalue weighted by Gasteiger charge is -2.09. The molecule has 0 saturated heterocycles. The highest BCUT2D eigenvalue weighted by atomic mass is 16.6. The number of benzene rings is 1. The molecule has 3 rings (SSSR count). The molecule has 0 aliphatic carbocycles. The number of aromatic nitrogens is 4. The largest absolute Gasteiger partial charge is 0.471 e. The van der Waals surface area contributed by atoms with Crippen LogP contribution in [0, 0.1) is 0 Å². The van der Waals surface area contributed by atoms with Crippen LogP contribution in [0.3, 0.4) is 0 Å². The summed E-state index contributed by atoms with van der Waals surface area (Å²) in [5, 5.41) is 2.89. The van der Waals surface area contributed by atoms with Crippen molar-refractivity contribution in [2.75, 3.05) is 58.6 Å². The maximum Gasteiger partial charge on any atom is 0.247 e. The van der Waals surface area contributed by atoms with Gasteiger partial charge in [-0.3, -0.25) is 4.79 Å². The fourth-order valence-electron chi connectivity index (χ4n) is 3.19. The molecule has 202 valence electrons. The molecule has 0 unspecified atom stereocenters. The van der Waals surface area contributed by atoms with Crippen LogP contribution >= 0.6 is 0 Å². The molecule has 2 heterocycles. The van der Waals surface area contributed by atoms with Crippen molar-refractivity contribution in [2.24, 2.45) is 0 Å². The number of carbonyl (C=O) groups excluding carboxylic acids is 1. The summed E-state index contributed by atoms with van der Waals surface area (Å²) >= 11 is 0. The summed E-state index contributed by atoms with van der Waals surface area (Å²) in [6, 6.07) is 7.74. The summed E-state index contributed by atoms with van der Waals surface area (Å²) in [5.41, 5.74) is 8.69. The van der Waals surface area contributed by atoms with E-state index in [4.69, 9.17) is 29.4 Å². The van der Waals surface area contributed by atoms with E-state index in [0.717, 1.165) is 24.2 Å². The van der Waals surface area contributed by atoms with Crippen molar-refractivity contribution in [3.8, 4) is 5.88 Å². The molecular weight excluding hydrogens is 480 g/mol. The summed E-state index contributed by atoms with van der Waals surface area (Å²) in [6.45, 7) is 7.01. The van der Waals surface area contributed by atoms with Crippen LogP contribution in [0.15, 0.2) is 30.6 Å². The monoisotopic (exact) mass is 516 g/mol. The van der Waals surface area contributed by atoms with Crippen LogP contribution in [-0.2, 0) is 36.9 Å². The molecule has 0 atom stereocenters. The van der Waals surface area contributed by atoms with E-state index in [9.17, 15) is 4.79 Å². The summed E-state index contributed by atoms with van der Waals surface area (Å²) in [5.74, 6) is 0.365. The van der Waals surface area contributed by atoms with Gasteiger partial charge in [0.25, 0.3) is 0 Å². The standard InChI is InChI=1S/C25H36N6O6/c1-2-8-33-10-12-35-14-15-36-13-11-34-9-7-21(32)27-16-19-3-5-20(6-4-19)17-37-24-22-23(29-18-28-22)30-25(26)31-24/h3-6,18H,2,7-17H2,1H3,(H,27,32)(H3,26,28,29,30,31). The second kappa shape index (κ2) is 16.4. The Labute approximate surface area is 216 Å². The number of aromatic amines is 1. The Hall–Kier alpha value is -3.32. The van der Waals surface area contributed by atoms with E-state index in [1.807, 2.05) is 24.3 Å². The van der Waals surface area contributed by atoms with E-state index in [0.29, 0.717) is 76.4 Å².